The van der Waals surface area contributed by atoms with E-state index in [-0.39, 0.29) is 28.7 Å². The van der Waals surface area contributed by atoms with E-state index in [4.69, 9.17) is 9.47 Å². The molecule has 1 saturated heterocycles. The summed E-state index contributed by atoms with van der Waals surface area (Å²) in [6.07, 6.45) is 1.33. The SMILES string of the molecule is COc1ccc(OC(=O)c2ccc(N3CCCC3=O)cc2)c([N+](=O)[O-])c1. The molecule has 134 valence electrons. The van der Waals surface area contributed by atoms with Crippen molar-refractivity contribution in [2.75, 3.05) is 18.6 Å². The van der Waals surface area contributed by atoms with Gasteiger partial charge in [0.2, 0.25) is 11.7 Å². The second kappa shape index (κ2) is 7.22. The molecule has 3 rings (SSSR count). The van der Waals surface area contributed by atoms with Crippen molar-refractivity contribution in [3.63, 3.8) is 0 Å². The van der Waals surface area contributed by atoms with Gasteiger partial charge in [-0.25, -0.2) is 4.79 Å². The molecule has 1 fully saturated rings. The van der Waals surface area contributed by atoms with Crippen LogP contribution in [0.3, 0.4) is 0 Å². The quantitative estimate of drug-likeness (QED) is 0.353. The molecule has 1 aliphatic heterocycles. The second-order valence-corrected chi connectivity index (χ2v) is 5.68. The fourth-order valence-corrected chi connectivity index (χ4v) is 2.71. The summed E-state index contributed by atoms with van der Waals surface area (Å²) >= 11 is 0. The van der Waals surface area contributed by atoms with E-state index in [1.54, 1.807) is 17.0 Å². The molecule has 0 spiro atoms. The number of nitrogens with zero attached hydrogens (tertiary/aromatic N) is 2. The fourth-order valence-electron chi connectivity index (χ4n) is 2.71. The molecular weight excluding hydrogens is 340 g/mol. The molecule has 2 aromatic carbocycles. The Morgan fingerprint density at radius 1 is 1.19 bits per heavy atom. The zero-order valence-corrected chi connectivity index (χ0v) is 14.0. The van der Waals surface area contributed by atoms with Gasteiger partial charge in [0.25, 0.3) is 0 Å². The zero-order chi connectivity index (χ0) is 18.7. The van der Waals surface area contributed by atoms with Gasteiger partial charge in [0.1, 0.15) is 5.75 Å². The largest absolute Gasteiger partial charge is 0.496 e. The number of amides is 1. The summed E-state index contributed by atoms with van der Waals surface area (Å²) in [4.78, 5) is 36.2. The molecule has 0 bridgehead atoms. The van der Waals surface area contributed by atoms with Crippen LogP contribution in [-0.4, -0.2) is 30.5 Å². The Labute approximate surface area is 149 Å². The van der Waals surface area contributed by atoms with E-state index in [2.05, 4.69) is 0 Å². The van der Waals surface area contributed by atoms with Crippen LogP contribution in [0, 0.1) is 10.1 Å². The summed E-state index contributed by atoms with van der Waals surface area (Å²) in [5, 5.41) is 11.2. The van der Waals surface area contributed by atoms with E-state index < -0.39 is 10.9 Å². The third-order valence-electron chi connectivity index (χ3n) is 4.05. The number of hydrogen-bond acceptors (Lipinski definition) is 6. The molecule has 26 heavy (non-hydrogen) atoms. The van der Waals surface area contributed by atoms with Crippen molar-refractivity contribution in [1.82, 2.24) is 0 Å². The van der Waals surface area contributed by atoms with Crippen LogP contribution < -0.4 is 14.4 Å². The lowest BCUT2D eigenvalue weighted by Crippen LogP contribution is -2.23. The number of methoxy groups -OCH3 is 1. The maximum absolute atomic E-state index is 12.3. The molecule has 0 atom stereocenters. The molecule has 2 aromatic rings. The molecule has 8 nitrogen and oxygen atoms in total. The molecule has 1 amide bonds. The van der Waals surface area contributed by atoms with Crippen LogP contribution >= 0.6 is 0 Å². The number of nitro benzene ring substituents is 1. The monoisotopic (exact) mass is 356 g/mol. The van der Waals surface area contributed by atoms with Crippen LogP contribution in [0.2, 0.25) is 0 Å². The van der Waals surface area contributed by atoms with E-state index in [0.29, 0.717) is 18.7 Å². The van der Waals surface area contributed by atoms with Crippen LogP contribution in [0.5, 0.6) is 11.5 Å². The molecule has 0 N–H and O–H groups in total. The van der Waals surface area contributed by atoms with E-state index in [1.165, 1.54) is 37.4 Å². The van der Waals surface area contributed by atoms with E-state index in [0.717, 1.165) is 6.42 Å². The summed E-state index contributed by atoms with van der Waals surface area (Å²) in [5.74, 6) is -0.553. The molecule has 8 heteroatoms. The molecule has 0 unspecified atom stereocenters. The van der Waals surface area contributed by atoms with Crippen molar-refractivity contribution in [2.24, 2.45) is 0 Å². The summed E-state index contributed by atoms with van der Waals surface area (Å²) in [7, 11) is 1.39. The number of esters is 1. The Morgan fingerprint density at radius 3 is 2.50 bits per heavy atom. The van der Waals surface area contributed by atoms with Gasteiger partial charge in [-0.2, -0.15) is 0 Å². The normalized spacial score (nSPS) is 13.6. The Balaban J connectivity index is 1.78. The Morgan fingerprint density at radius 2 is 1.92 bits per heavy atom. The van der Waals surface area contributed by atoms with Crippen LogP contribution in [0.15, 0.2) is 42.5 Å². The lowest BCUT2D eigenvalue weighted by Gasteiger charge is -2.15. The van der Waals surface area contributed by atoms with E-state index in [1.807, 2.05) is 0 Å². The Kier molecular flexibility index (Phi) is 4.83. The lowest BCUT2D eigenvalue weighted by molar-refractivity contribution is -0.385. The lowest BCUT2D eigenvalue weighted by atomic mass is 10.2. The van der Waals surface area contributed by atoms with Gasteiger partial charge in [-0.05, 0) is 42.8 Å². The minimum Gasteiger partial charge on any atom is -0.496 e. The van der Waals surface area contributed by atoms with Gasteiger partial charge in [-0.15, -0.1) is 0 Å². The number of ether oxygens (including phenoxy) is 2. The zero-order valence-electron chi connectivity index (χ0n) is 14.0. The highest BCUT2D eigenvalue weighted by atomic mass is 16.6. The van der Waals surface area contributed by atoms with Gasteiger partial charge in [0, 0.05) is 18.7 Å². The Bertz CT molecular complexity index is 862. The van der Waals surface area contributed by atoms with Gasteiger partial charge in [0.15, 0.2) is 0 Å². The Hall–Kier alpha value is -3.42. The predicted octanol–water partition coefficient (Wildman–Crippen LogP) is 2.95. The molecule has 0 aliphatic carbocycles. The summed E-state index contributed by atoms with van der Waals surface area (Å²) in [6.45, 7) is 0.653. The molecule has 0 aromatic heterocycles. The smallest absolute Gasteiger partial charge is 0.343 e. The molecular formula is C18H16N2O6. The predicted molar refractivity (Wildman–Crippen MR) is 92.6 cm³/mol. The maximum Gasteiger partial charge on any atom is 0.343 e. The first-order valence-electron chi connectivity index (χ1n) is 7.94. The number of nitro groups is 1. The highest BCUT2D eigenvalue weighted by molar-refractivity contribution is 5.96. The highest BCUT2D eigenvalue weighted by Crippen LogP contribution is 2.31. The third-order valence-corrected chi connectivity index (χ3v) is 4.05. The van der Waals surface area contributed by atoms with Crippen molar-refractivity contribution in [3.8, 4) is 11.5 Å². The van der Waals surface area contributed by atoms with E-state index >= 15 is 0 Å². The molecule has 0 radical (unpaired) electrons. The number of carbonyl (C=O) groups excluding carboxylic acids is 2. The third kappa shape index (κ3) is 3.49. The van der Waals surface area contributed by atoms with Crippen LogP contribution in [0.4, 0.5) is 11.4 Å². The van der Waals surface area contributed by atoms with Gasteiger partial charge in [-0.1, -0.05) is 0 Å². The van der Waals surface area contributed by atoms with Crippen molar-refractivity contribution in [1.29, 1.82) is 0 Å². The average Bonchev–Trinajstić information content (AvgIpc) is 3.08. The first-order valence-corrected chi connectivity index (χ1v) is 7.94. The van der Waals surface area contributed by atoms with Crippen molar-refractivity contribution in [2.45, 2.75) is 12.8 Å². The second-order valence-electron chi connectivity index (χ2n) is 5.68. The first-order chi connectivity index (χ1) is 12.5. The molecule has 1 heterocycles. The van der Waals surface area contributed by atoms with Crippen molar-refractivity contribution >= 4 is 23.3 Å². The van der Waals surface area contributed by atoms with Gasteiger partial charge >= 0.3 is 11.7 Å². The van der Waals surface area contributed by atoms with Gasteiger partial charge in [0.05, 0.1) is 23.7 Å². The average molecular weight is 356 g/mol. The minimum absolute atomic E-state index is 0.0502. The molecule has 0 saturated carbocycles. The summed E-state index contributed by atoms with van der Waals surface area (Å²) in [5.41, 5.74) is 0.571. The maximum atomic E-state index is 12.3. The van der Waals surface area contributed by atoms with Gasteiger partial charge < -0.3 is 14.4 Å². The number of carbonyl (C=O) groups is 2. The number of rotatable bonds is 5. The van der Waals surface area contributed by atoms with Crippen molar-refractivity contribution < 1.29 is 24.0 Å². The summed E-state index contributed by atoms with van der Waals surface area (Å²) in [6, 6.07) is 10.3. The first kappa shape index (κ1) is 17.4. The molecule has 1 aliphatic rings. The highest BCUT2D eigenvalue weighted by Gasteiger charge is 2.23. The van der Waals surface area contributed by atoms with Crippen LogP contribution in [0.25, 0.3) is 0 Å². The number of hydrogen-bond donors (Lipinski definition) is 0. The van der Waals surface area contributed by atoms with Crippen LogP contribution in [-0.2, 0) is 4.79 Å². The fraction of sp³-hybridized carbons (Fsp3) is 0.222. The standard InChI is InChI=1S/C18H16N2O6/c1-25-14-8-9-16(15(11-14)20(23)24)26-18(22)12-4-6-13(7-5-12)19-10-2-3-17(19)21/h4-9,11H,2-3,10H2,1H3. The minimum atomic E-state index is -0.724. The number of benzene rings is 2. The van der Waals surface area contributed by atoms with Crippen molar-refractivity contribution in [3.05, 3.63) is 58.1 Å². The summed E-state index contributed by atoms with van der Waals surface area (Å²) < 4.78 is 10.1. The van der Waals surface area contributed by atoms with Gasteiger partial charge in [-0.3, -0.25) is 14.9 Å². The topological polar surface area (TPSA) is 99.0 Å². The van der Waals surface area contributed by atoms with E-state index in [9.17, 15) is 19.7 Å². The van der Waals surface area contributed by atoms with Crippen LogP contribution in [0.1, 0.15) is 23.2 Å². The number of anilines is 1.